The van der Waals surface area contributed by atoms with Crippen LogP contribution in [0.2, 0.25) is 15.1 Å². The van der Waals surface area contributed by atoms with E-state index in [0.29, 0.717) is 31.9 Å². The highest BCUT2D eigenvalue weighted by Gasteiger charge is 2.37. The Morgan fingerprint density at radius 1 is 0.818 bits per heavy atom. The number of urea groups is 1. The number of carbonyl (C=O) groups is 3. The number of imide groups is 2. The predicted molar refractivity (Wildman–Crippen MR) is 165 cm³/mol. The monoisotopic (exact) mass is 651 g/mol. The number of nitro groups is 1. The molecule has 10 nitrogen and oxygen atoms in total. The van der Waals surface area contributed by atoms with Crippen molar-refractivity contribution in [1.29, 1.82) is 0 Å². The number of non-ortho nitro benzene ring substituents is 1. The van der Waals surface area contributed by atoms with E-state index in [-0.39, 0.29) is 35.9 Å². The third-order valence-corrected chi connectivity index (χ3v) is 7.24. The lowest BCUT2D eigenvalue weighted by Crippen LogP contribution is -2.54. The van der Waals surface area contributed by atoms with E-state index in [1.807, 2.05) is 0 Å². The Labute approximate surface area is 265 Å². The highest BCUT2D eigenvalue weighted by atomic mass is 35.5. The molecule has 1 fully saturated rings. The third-order valence-electron chi connectivity index (χ3n) is 6.42. The fourth-order valence-corrected chi connectivity index (χ4v) is 4.82. The van der Waals surface area contributed by atoms with Crippen LogP contribution in [0.3, 0.4) is 0 Å². The molecule has 1 aliphatic heterocycles. The standard InChI is InChI=1S/C31H20Cl3N3O7/c32-21-5-12-28(44-16-18-1-6-24(7-2-18)37(41)42)20(13-21)14-26-29(38)35-31(40)36(30(26)39)23-8-10-25(11-9-23)43-17-19-3-4-22(33)15-27(19)34/h1-15H,16-17H2,(H,35,38,40)/b26-14+. The molecule has 5 rings (SSSR count). The van der Waals surface area contributed by atoms with Crippen molar-refractivity contribution >= 4 is 70.1 Å². The molecule has 0 saturated carbocycles. The van der Waals surface area contributed by atoms with Gasteiger partial charge in [-0.2, -0.15) is 0 Å². The van der Waals surface area contributed by atoms with Gasteiger partial charge in [0.15, 0.2) is 0 Å². The van der Waals surface area contributed by atoms with E-state index in [1.165, 1.54) is 36.4 Å². The molecule has 1 aliphatic rings. The summed E-state index contributed by atoms with van der Waals surface area (Å²) in [5.41, 5.74) is 1.48. The van der Waals surface area contributed by atoms with Crippen molar-refractivity contribution < 1.29 is 28.8 Å². The summed E-state index contributed by atoms with van der Waals surface area (Å²) < 4.78 is 11.6. The number of rotatable bonds is 9. The number of halogens is 3. The molecule has 0 aromatic heterocycles. The van der Waals surface area contributed by atoms with E-state index in [1.54, 1.807) is 54.6 Å². The average Bonchev–Trinajstić information content (AvgIpc) is 2.99. The van der Waals surface area contributed by atoms with Crippen molar-refractivity contribution in [3.05, 3.63) is 132 Å². The van der Waals surface area contributed by atoms with Gasteiger partial charge in [0.2, 0.25) is 0 Å². The fourth-order valence-electron chi connectivity index (χ4n) is 4.18. The van der Waals surface area contributed by atoms with E-state index in [9.17, 15) is 24.5 Å². The zero-order valence-corrected chi connectivity index (χ0v) is 24.7. The lowest BCUT2D eigenvalue weighted by atomic mass is 10.1. The zero-order valence-electron chi connectivity index (χ0n) is 22.5. The zero-order chi connectivity index (χ0) is 31.4. The molecular formula is C31H20Cl3N3O7. The summed E-state index contributed by atoms with van der Waals surface area (Å²) in [4.78, 5) is 50.2. The van der Waals surface area contributed by atoms with Crippen LogP contribution in [0, 0.1) is 10.1 Å². The minimum Gasteiger partial charge on any atom is -0.489 e. The van der Waals surface area contributed by atoms with Gasteiger partial charge in [-0.3, -0.25) is 25.0 Å². The smallest absolute Gasteiger partial charge is 0.335 e. The molecule has 4 aromatic carbocycles. The van der Waals surface area contributed by atoms with Crippen LogP contribution in [0.5, 0.6) is 11.5 Å². The topological polar surface area (TPSA) is 128 Å². The molecule has 4 aromatic rings. The molecule has 0 radical (unpaired) electrons. The number of nitrogens with one attached hydrogen (secondary N) is 1. The minimum atomic E-state index is -0.917. The van der Waals surface area contributed by atoms with E-state index in [0.717, 1.165) is 10.5 Å². The summed E-state index contributed by atoms with van der Waals surface area (Å²) in [6.07, 6.45) is 1.28. The molecule has 1 heterocycles. The lowest BCUT2D eigenvalue weighted by molar-refractivity contribution is -0.384. The Kier molecular flexibility index (Phi) is 9.15. The van der Waals surface area contributed by atoms with E-state index in [2.05, 4.69) is 5.32 Å². The van der Waals surface area contributed by atoms with Crippen LogP contribution in [0.1, 0.15) is 16.7 Å². The summed E-state index contributed by atoms with van der Waals surface area (Å²) in [5, 5.41) is 14.4. The van der Waals surface area contributed by atoms with Gasteiger partial charge in [-0.25, -0.2) is 9.69 Å². The first-order valence-corrected chi connectivity index (χ1v) is 14.0. The van der Waals surface area contributed by atoms with Crippen molar-refractivity contribution in [3.63, 3.8) is 0 Å². The van der Waals surface area contributed by atoms with Crippen LogP contribution in [0.15, 0.2) is 90.5 Å². The molecular weight excluding hydrogens is 633 g/mol. The summed E-state index contributed by atoms with van der Waals surface area (Å²) in [6.45, 7) is 0.202. The van der Waals surface area contributed by atoms with E-state index < -0.39 is 22.8 Å². The summed E-state index contributed by atoms with van der Waals surface area (Å²) >= 11 is 18.3. The van der Waals surface area contributed by atoms with E-state index >= 15 is 0 Å². The van der Waals surface area contributed by atoms with Gasteiger partial charge < -0.3 is 9.47 Å². The van der Waals surface area contributed by atoms with Gasteiger partial charge in [-0.05, 0) is 78.4 Å². The van der Waals surface area contributed by atoms with Gasteiger partial charge in [-0.15, -0.1) is 0 Å². The quantitative estimate of drug-likeness (QED) is 0.0865. The lowest BCUT2D eigenvalue weighted by Gasteiger charge is -2.26. The van der Waals surface area contributed by atoms with Gasteiger partial charge in [0.25, 0.3) is 17.5 Å². The minimum absolute atomic E-state index is 0.0409. The number of carbonyl (C=O) groups excluding carboxylic acids is 3. The molecule has 44 heavy (non-hydrogen) atoms. The Balaban J connectivity index is 1.34. The molecule has 0 aliphatic carbocycles. The number of barbiturate groups is 1. The number of amides is 4. The van der Waals surface area contributed by atoms with E-state index in [4.69, 9.17) is 44.3 Å². The van der Waals surface area contributed by atoms with Crippen LogP contribution in [0.4, 0.5) is 16.2 Å². The highest BCUT2D eigenvalue weighted by molar-refractivity contribution is 6.39. The Morgan fingerprint density at radius 2 is 1.50 bits per heavy atom. The normalized spacial score (nSPS) is 14.0. The van der Waals surface area contributed by atoms with Crippen molar-refractivity contribution in [3.8, 4) is 11.5 Å². The van der Waals surface area contributed by atoms with Crippen LogP contribution < -0.4 is 19.7 Å². The van der Waals surface area contributed by atoms with Crippen molar-refractivity contribution in [1.82, 2.24) is 5.32 Å². The molecule has 4 amide bonds. The first-order valence-electron chi connectivity index (χ1n) is 12.8. The average molecular weight is 653 g/mol. The van der Waals surface area contributed by atoms with Gasteiger partial charge in [0.05, 0.1) is 10.6 Å². The number of hydrogen-bond donors (Lipinski definition) is 1. The summed E-state index contributed by atoms with van der Waals surface area (Å²) in [5.74, 6) is -1.02. The largest absolute Gasteiger partial charge is 0.489 e. The highest BCUT2D eigenvalue weighted by Crippen LogP contribution is 2.30. The first kappa shape index (κ1) is 30.6. The SMILES string of the molecule is O=C1NC(=O)N(c2ccc(OCc3ccc(Cl)cc3Cl)cc2)C(=O)/C1=C/c1cc(Cl)ccc1OCc1ccc([N+](=O)[O-])cc1. The summed E-state index contributed by atoms with van der Waals surface area (Å²) in [7, 11) is 0. The van der Waals surface area contributed by atoms with Crippen molar-refractivity contribution in [2.75, 3.05) is 4.90 Å². The van der Waals surface area contributed by atoms with Gasteiger partial charge >= 0.3 is 6.03 Å². The first-order chi connectivity index (χ1) is 21.1. The number of hydrogen-bond acceptors (Lipinski definition) is 7. The van der Waals surface area contributed by atoms with Gasteiger partial charge in [0, 0.05) is 38.3 Å². The van der Waals surface area contributed by atoms with Crippen molar-refractivity contribution in [2.45, 2.75) is 13.2 Å². The summed E-state index contributed by atoms with van der Waals surface area (Å²) in [6, 6.07) is 20.7. The van der Waals surface area contributed by atoms with Crippen LogP contribution in [-0.4, -0.2) is 22.8 Å². The van der Waals surface area contributed by atoms with Crippen LogP contribution in [-0.2, 0) is 22.8 Å². The Morgan fingerprint density at radius 3 is 2.18 bits per heavy atom. The molecule has 222 valence electrons. The maximum absolute atomic E-state index is 13.5. The second-order valence-electron chi connectivity index (χ2n) is 9.37. The molecule has 1 N–H and O–H groups in total. The molecule has 0 bridgehead atoms. The maximum atomic E-state index is 13.5. The number of ether oxygens (including phenoxy) is 2. The van der Waals surface area contributed by atoms with Gasteiger partial charge in [0.1, 0.15) is 30.3 Å². The third kappa shape index (κ3) is 7.00. The predicted octanol–water partition coefficient (Wildman–Crippen LogP) is 7.38. The number of nitrogens with zero attached hydrogens (tertiary/aromatic N) is 2. The molecule has 0 atom stereocenters. The number of anilines is 1. The molecule has 1 saturated heterocycles. The number of benzene rings is 4. The second kappa shape index (κ2) is 13.2. The maximum Gasteiger partial charge on any atom is 0.335 e. The molecule has 0 spiro atoms. The van der Waals surface area contributed by atoms with Crippen molar-refractivity contribution in [2.24, 2.45) is 0 Å². The second-order valence-corrected chi connectivity index (χ2v) is 10.7. The fraction of sp³-hybridized carbons (Fsp3) is 0.0645. The number of nitro benzene ring substituents is 1. The van der Waals surface area contributed by atoms with Crippen LogP contribution in [0.25, 0.3) is 6.08 Å². The van der Waals surface area contributed by atoms with Crippen LogP contribution >= 0.6 is 34.8 Å². The van der Waals surface area contributed by atoms with Gasteiger partial charge in [-0.1, -0.05) is 40.9 Å². The Hall–Kier alpha value is -4.90. The Bertz CT molecular complexity index is 1810. The molecule has 13 heteroatoms. The molecule has 0 unspecified atom stereocenters.